The standard InChI is InChI=1S/C30H31N5OS/c1-3-22-9-4-5-10-24(22)32-27(36)17-20-35-29(28(33-30(35)37)25-11-6-7-18-31-25)26-12-8-19-34(26)23-15-13-21(2)14-16-23/h4-16,18-19,28-29H,3,17,20H2,1-2H3,(H,32,36)(H,33,37)/t28-,29+/m0/s1. The molecule has 5 rings (SSSR count). The Hall–Kier alpha value is -3.97. The molecule has 1 aliphatic rings. The van der Waals surface area contributed by atoms with Gasteiger partial charge in [0.15, 0.2) is 5.11 Å². The van der Waals surface area contributed by atoms with Crippen LogP contribution < -0.4 is 10.6 Å². The van der Waals surface area contributed by atoms with Crippen LogP contribution in [0.15, 0.2) is 91.3 Å². The monoisotopic (exact) mass is 509 g/mol. The van der Waals surface area contributed by atoms with Crippen LogP contribution >= 0.6 is 12.2 Å². The molecule has 37 heavy (non-hydrogen) atoms. The summed E-state index contributed by atoms with van der Waals surface area (Å²) in [6, 6.07) is 26.2. The van der Waals surface area contributed by atoms with Crippen molar-refractivity contribution in [2.45, 2.75) is 38.8 Å². The number of nitrogens with zero attached hydrogens (tertiary/aromatic N) is 3. The van der Waals surface area contributed by atoms with Crippen LogP contribution in [-0.2, 0) is 11.2 Å². The van der Waals surface area contributed by atoms with Gasteiger partial charge >= 0.3 is 0 Å². The Balaban J connectivity index is 1.43. The number of thiocarbonyl (C=S) groups is 1. The van der Waals surface area contributed by atoms with Gasteiger partial charge in [-0.05, 0) is 73.6 Å². The van der Waals surface area contributed by atoms with Crippen molar-refractivity contribution in [3.63, 3.8) is 0 Å². The van der Waals surface area contributed by atoms with E-state index in [2.05, 4.69) is 81.5 Å². The van der Waals surface area contributed by atoms with E-state index < -0.39 is 0 Å². The van der Waals surface area contributed by atoms with Crippen LogP contribution in [0.5, 0.6) is 0 Å². The predicted octanol–water partition coefficient (Wildman–Crippen LogP) is 5.74. The summed E-state index contributed by atoms with van der Waals surface area (Å²) in [6.07, 6.45) is 5.05. The van der Waals surface area contributed by atoms with Gasteiger partial charge in [0.25, 0.3) is 0 Å². The van der Waals surface area contributed by atoms with E-state index in [9.17, 15) is 4.79 Å². The van der Waals surface area contributed by atoms with Crippen LogP contribution in [0.2, 0.25) is 0 Å². The topological polar surface area (TPSA) is 62.2 Å². The number of anilines is 1. The molecule has 2 N–H and O–H groups in total. The smallest absolute Gasteiger partial charge is 0.226 e. The first-order valence-electron chi connectivity index (χ1n) is 12.6. The second-order valence-electron chi connectivity index (χ2n) is 9.27. The van der Waals surface area contributed by atoms with Crippen LogP contribution in [0.3, 0.4) is 0 Å². The van der Waals surface area contributed by atoms with E-state index in [4.69, 9.17) is 12.2 Å². The number of para-hydroxylation sites is 1. The lowest BCUT2D eigenvalue weighted by atomic mass is 10.0. The first kappa shape index (κ1) is 24.7. The molecule has 4 aromatic rings. The fraction of sp³-hybridized carbons (Fsp3) is 0.233. The number of carbonyl (C=O) groups is 1. The summed E-state index contributed by atoms with van der Waals surface area (Å²) >= 11 is 5.81. The van der Waals surface area contributed by atoms with Crippen LogP contribution in [0.4, 0.5) is 5.69 Å². The van der Waals surface area contributed by atoms with E-state index in [1.54, 1.807) is 6.20 Å². The molecule has 2 aromatic heterocycles. The van der Waals surface area contributed by atoms with E-state index in [0.717, 1.165) is 34.7 Å². The molecule has 0 unspecified atom stereocenters. The predicted molar refractivity (Wildman–Crippen MR) is 152 cm³/mol. The van der Waals surface area contributed by atoms with Crippen molar-refractivity contribution < 1.29 is 4.79 Å². The molecule has 2 aromatic carbocycles. The number of hydrogen-bond donors (Lipinski definition) is 2. The van der Waals surface area contributed by atoms with Crippen LogP contribution in [0.1, 0.15) is 47.9 Å². The van der Waals surface area contributed by atoms with E-state index in [0.29, 0.717) is 18.1 Å². The first-order valence-corrected chi connectivity index (χ1v) is 13.1. The lowest BCUT2D eigenvalue weighted by molar-refractivity contribution is -0.116. The van der Waals surface area contributed by atoms with Crippen LogP contribution in [-0.4, -0.2) is 32.0 Å². The summed E-state index contributed by atoms with van der Waals surface area (Å²) in [6.45, 7) is 4.66. The van der Waals surface area contributed by atoms with Gasteiger partial charge < -0.3 is 20.1 Å². The summed E-state index contributed by atoms with van der Waals surface area (Å²) in [4.78, 5) is 19.8. The highest BCUT2D eigenvalue weighted by Gasteiger charge is 2.41. The van der Waals surface area contributed by atoms with Crippen LogP contribution in [0.25, 0.3) is 5.69 Å². The highest BCUT2D eigenvalue weighted by atomic mass is 32.1. The number of aryl methyl sites for hydroxylation is 2. The number of hydrogen-bond acceptors (Lipinski definition) is 3. The van der Waals surface area contributed by atoms with Crippen LogP contribution in [0, 0.1) is 6.92 Å². The molecule has 1 fully saturated rings. The number of nitrogens with one attached hydrogen (secondary N) is 2. The van der Waals surface area contributed by atoms with Gasteiger partial charge in [-0.3, -0.25) is 9.78 Å². The van der Waals surface area contributed by atoms with Crippen molar-refractivity contribution in [1.82, 2.24) is 19.8 Å². The minimum atomic E-state index is -0.142. The molecule has 0 spiro atoms. The second kappa shape index (κ2) is 11.0. The Morgan fingerprint density at radius 1 is 1.03 bits per heavy atom. The third kappa shape index (κ3) is 5.27. The molecule has 0 bridgehead atoms. The van der Waals surface area contributed by atoms with Crippen molar-refractivity contribution in [2.75, 3.05) is 11.9 Å². The number of amides is 1. The SMILES string of the molecule is CCc1ccccc1NC(=O)CCN1C(=S)N[C@@H](c2ccccn2)[C@H]1c1cccn1-c1ccc(C)cc1. The Labute approximate surface area is 223 Å². The molecule has 7 heteroatoms. The van der Waals surface area contributed by atoms with Gasteiger partial charge in [-0.25, -0.2) is 0 Å². The maximum Gasteiger partial charge on any atom is 0.226 e. The lowest BCUT2D eigenvalue weighted by Crippen LogP contribution is -2.33. The molecule has 1 aliphatic heterocycles. The number of pyridine rings is 1. The summed E-state index contributed by atoms with van der Waals surface area (Å²) in [5.41, 5.74) is 6.28. The van der Waals surface area contributed by atoms with Gasteiger partial charge in [-0.15, -0.1) is 0 Å². The number of rotatable bonds is 8. The first-order chi connectivity index (χ1) is 18.0. The zero-order valence-electron chi connectivity index (χ0n) is 21.1. The number of benzene rings is 2. The van der Waals surface area contributed by atoms with E-state index in [1.165, 1.54) is 5.56 Å². The second-order valence-corrected chi connectivity index (χ2v) is 9.65. The van der Waals surface area contributed by atoms with E-state index in [1.807, 2.05) is 42.5 Å². The quantitative estimate of drug-likeness (QED) is 0.297. The van der Waals surface area contributed by atoms with E-state index in [-0.39, 0.29) is 18.0 Å². The molecule has 6 nitrogen and oxygen atoms in total. The van der Waals surface area contributed by atoms with Crippen molar-refractivity contribution in [3.05, 3.63) is 114 Å². The molecule has 1 amide bonds. The van der Waals surface area contributed by atoms with E-state index >= 15 is 0 Å². The Morgan fingerprint density at radius 2 is 1.81 bits per heavy atom. The maximum atomic E-state index is 13.0. The molecule has 188 valence electrons. The largest absolute Gasteiger partial charge is 0.352 e. The molecule has 3 heterocycles. The molecule has 0 saturated carbocycles. The molecule has 1 saturated heterocycles. The molecule has 0 aliphatic carbocycles. The molecule has 0 radical (unpaired) electrons. The van der Waals surface area contributed by atoms with Crippen molar-refractivity contribution in [3.8, 4) is 5.69 Å². The lowest BCUT2D eigenvalue weighted by Gasteiger charge is -2.29. The minimum absolute atomic E-state index is 0.0300. The summed E-state index contributed by atoms with van der Waals surface area (Å²) in [5.74, 6) is -0.0300. The Morgan fingerprint density at radius 3 is 2.57 bits per heavy atom. The normalized spacial score (nSPS) is 17.0. The minimum Gasteiger partial charge on any atom is -0.352 e. The summed E-state index contributed by atoms with van der Waals surface area (Å²) < 4.78 is 2.19. The average molecular weight is 510 g/mol. The number of carbonyl (C=O) groups excluding carboxylic acids is 1. The van der Waals surface area contributed by atoms with Crippen molar-refractivity contribution >= 4 is 28.9 Å². The average Bonchev–Trinajstić information content (AvgIpc) is 3.53. The molecule has 2 atom stereocenters. The van der Waals surface area contributed by atoms with Gasteiger partial charge in [0.05, 0.1) is 17.8 Å². The highest BCUT2D eigenvalue weighted by Crippen LogP contribution is 2.39. The van der Waals surface area contributed by atoms with Gasteiger partial charge in [0.2, 0.25) is 5.91 Å². The molecular weight excluding hydrogens is 478 g/mol. The van der Waals surface area contributed by atoms with Gasteiger partial charge in [-0.2, -0.15) is 0 Å². The fourth-order valence-corrected chi connectivity index (χ4v) is 5.26. The summed E-state index contributed by atoms with van der Waals surface area (Å²) in [5, 5.41) is 7.20. The van der Waals surface area contributed by atoms with Gasteiger partial charge in [0, 0.05) is 42.4 Å². The number of aromatic nitrogens is 2. The van der Waals surface area contributed by atoms with Crippen molar-refractivity contribution in [1.29, 1.82) is 0 Å². The van der Waals surface area contributed by atoms with Gasteiger partial charge in [-0.1, -0.05) is 48.9 Å². The third-order valence-corrected chi connectivity index (χ3v) is 7.20. The van der Waals surface area contributed by atoms with Crippen molar-refractivity contribution in [2.24, 2.45) is 0 Å². The zero-order chi connectivity index (χ0) is 25.8. The maximum absolute atomic E-state index is 13.0. The fourth-order valence-electron chi connectivity index (χ4n) is 4.93. The Kier molecular flexibility index (Phi) is 7.32. The Bertz CT molecular complexity index is 1380. The van der Waals surface area contributed by atoms with Gasteiger partial charge in [0.1, 0.15) is 0 Å². The zero-order valence-corrected chi connectivity index (χ0v) is 21.9. The summed E-state index contributed by atoms with van der Waals surface area (Å²) in [7, 11) is 0. The highest BCUT2D eigenvalue weighted by molar-refractivity contribution is 7.80. The third-order valence-electron chi connectivity index (χ3n) is 6.85. The molecular formula is C30H31N5OS.